The first kappa shape index (κ1) is 28.1. The van der Waals surface area contributed by atoms with Crippen LogP contribution in [0.5, 0.6) is 0 Å². The van der Waals surface area contributed by atoms with Crippen LogP contribution in [0.25, 0.3) is 0 Å². The Morgan fingerprint density at radius 1 is 1.11 bits per heavy atom. The van der Waals surface area contributed by atoms with Crippen molar-refractivity contribution in [1.82, 2.24) is 20.1 Å². The monoisotopic (exact) mass is 565 g/mol. The van der Waals surface area contributed by atoms with Gasteiger partial charge in [-0.1, -0.05) is 78.6 Å². The Balaban J connectivity index is 1.78. The van der Waals surface area contributed by atoms with Crippen molar-refractivity contribution in [3.05, 3.63) is 81.6 Å². The van der Waals surface area contributed by atoms with E-state index in [4.69, 9.17) is 34.8 Å². The van der Waals surface area contributed by atoms with Crippen LogP contribution in [0.3, 0.4) is 0 Å². The highest BCUT2D eigenvalue weighted by Gasteiger charge is 2.25. The molecule has 0 bridgehead atoms. The molecule has 0 saturated heterocycles. The Morgan fingerprint density at radius 3 is 2.44 bits per heavy atom. The molecule has 2 aromatic carbocycles. The average molecular weight is 567 g/mol. The first-order valence-electron chi connectivity index (χ1n) is 11.2. The predicted molar refractivity (Wildman–Crippen MR) is 147 cm³/mol. The largest absolute Gasteiger partial charge is 0.342 e. The second-order valence-corrected chi connectivity index (χ2v) is 10.6. The lowest BCUT2D eigenvalue weighted by molar-refractivity contribution is -0.113. The van der Waals surface area contributed by atoms with Gasteiger partial charge in [0.05, 0.1) is 22.4 Å². The van der Waals surface area contributed by atoms with E-state index in [1.165, 1.54) is 11.8 Å². The number of halogens is 3. The minimum absolute atomic E-state index is 0.0836. The van der Waals surface area contributed by atoms with E-state index in [2.05, 4.69) is 41.3 Å². The molecule has 190 valence electrons. The zero-order valence-electron chi connectivity index (χ0n) is 19.8. The van der Waals surface area contributed by atoms with Crippen molar-refractivity contribution in [2.24, 2.45) is 5.92 Å². The van der Waals surface area contributed by atoms with Gasteiger partial charge in [-0.3, -0.25) is 9.59 Å². The van der Waals surface area contributed by atoms with Gasteiger partial charge in [-0.25, -0.2) is 0 Å². The van der Waals surface area contributed by atoms with Crippen molar-refractivity contribution in [2.75, 3.05) is 11.1 Å². The van der Waals surface area contributed by atoms with Gasteiger partial charge >= 0.3 is 0 Å². The maximum Gasteiger partial charge on any atom is 0.253 e. The number of rotatable bonds is 11. The predicted octanol–water partition coefficient (Wildman–Crippen LogP) is 6.67. The molecule has 3 aromatic rings. The number of benzene rings is 2. The summed E-state index contributed by atoms with van der Waals surface area (Å²) in [5.74, 6) is 0.377. The van der Waals surface area contributed by atoms with E-state index in [1.807, 2.05) is 4.57 Å². The Bertz CT molecular complexity index is 1230. The van der Waals surface area contributed by atoms with Crippen LogP contribution in [0, 0.1) is 5.92 Å². The molecule has 0 spiro atoms. The second-order valence-electron chi connectivity index (χ2n) is 8.37. The van der Waals surface area contributed by atoms with Crippen LogP contribution in [0.4, 0.5) is 5.69 Å². The molecule has 3 rings (SSSR count). The summed E-state index contributed by atoms with van der Waals surface area (Å²) in [6, 6.07) is 11.3. The average Bonchev–Trinajstić information content (AvgIpc) is 3.19. The highest BCUT2D eigenvalue weighted by molar-refractivity contribution is 7.99. The molecule has 2 N–H and O–H groups in total. The normalized spacial score (nSPS) is 11.8. The maximum absolute atomic E-state index is 13.0. The Morgan fingerprint density at radius 2 is 1.81 bits per heavy atom. The molecule has 36 heavy (non-hydrogen) atoms. The van der Waals surface area contributed by atoms with E-state index in [-0.39, 0.29) is 23.5 Å². The zero-order valence-corrected chi connectivity index (χ0v) is 22.9. The summed E-state index contributed by atoms with van der Waals surface area (Å²) in [6.07, 6.45) is 2.35. The summed E-state index contributed by atoms with van der Waals surface area (Å²) in [5, 5.41) is 16.2. The Kier molecular flexibility index (Phi) is 10.2. The number of carbonyl (C=O) groups excluding carboxylic acids is 2. The number of anilines is 1. The van der Waals surface area contributed by atoms with E-state index in [1.54, 1.807) is 48.5 Å². The van der Waals surface area contributed by atoms with E-state index < -0.39 is 6.04 Å². The van der Waals surface area contributed by atoms with Crippen molar-refractivity contribution >= 4 is 64.1 Å². The number of carbonyl (C=O) groups is 2. The Hall–Kier alpha value is -2.52. The number of amides is 2. The molecule has 1 heterocycles. The molecule has 0 aliphatic carbocycles. The third-order valence-electron chi connectivity index (χ3n) is 4.98. The molecule has 0 radical (unpaired) electrons. The first-order valence-corrected chi connectivity index (χ1v) is 13.3. The van der Waals surface area contributed by atoms with E-state index >= 15 is 0 Å². The topological polar surface area (TPSA) is 88.9 Å². The minimum atomic E-state index is -0.419. The summed E-state index contributed by atoms with van der Waals surface area (Å²) in [4.78, 5) is 25.5. The summed E-state index contributed by atoms with van der Waals surface area (Å²) < 4.78 is 1.85. The lowest BCUT2D eigenvalue weighted by Gasteiger charge is -2.21. The van der Waals surface area contributed by atoms with Gasteiger partial charge in [-0.2, -0.15) is 0 Å². The molecule has 1 aromatic heterocycles. The SMILES string of the molecule is C=CCn1c(SCC(=O)Nc2cc(Cl)cc(Cl)c2)nnc1[C@@H](CC(C)C)NC(=O)c1ccccc1Cl. The molecule has 7 nitrogen and oxygen atoms in total. The standard InChI is InChI=1S/C25H26Cl3N5O2S/c1-4-9-33-23(21(10-15(2)3)30-24(35)19-7-5-6-8-20(19)28)31-32-25(33)36-14-22(34)29-18-12-16(26)11-17(27)13-18/h4-8,11-13,15,21H,1,9-10,14H2,2-3H3,(H,29,34)(H,30,35)/t21-/m1/s1. The van der Waals surface area contributed by atoms with Gasteiger partial charge in [0.2, 0.25) is 5.91 Å². The summed E-state index contributed by atoms with van der Waals surface area (Å²) in [5.41, 5.74) is 0.890. The first-order chi connectivity index (χ1) is 17.2. The van der Waals surface area contributed by atoms with Gasteiger partial charge < -0.3 is 15.2 Å². The second kappa shape index (κ2) is 13.1. The fourth-order valence-electron chi connectivity index (χ4n) is 3.50. The van der Waals surface area contributed by atoms with Crippen LogP contribution < -0.4 is 10.6 Å². The quantitative estimate of drug-likeness (QED) is 0.200. The number of allylic oxidation sites excluding steroid dienone is 1. The molecular weight excluding hydrogens is 541 g/mol. The van der Waals surface area contributed by atoms with Crippen molar-refractivity contribution in [2.45, 2.75) is 38.0 Å². The summed E-state index contributed by atoms with van der Waals surface area (Å²) in [6.45, 7) is 8.36. The number of hydrogen-bond donors (Lipinski definition) is 2. The number of thioether (sulfide) groups is 1. The minimum Gasteiger partial charge on any atom is -0.342 e. The fourth-order valence-corrected chi connectivity index (χ4v) is 5.00. The molecular formula is C25H26Cl3N5O2S. The highest BCUT2D eigenvalue weighted by atomic mass is 35.5. The van der Waals surface area contributed by atoms with Crippen LogP contribution in [0.1, 0.15) is 42.5 Å². The van der Waals surface area contributed by atoms with Gasteiger partial charge in [0.15, 0.2) is 11.0 Å². The van der Waals surface area contributed by atoms with Crippen LogP contribution in [0.2, 0.25) is 15.1 Å². The molecule has 1 atom stereocenters. The van der Waals surface area contributed by atoms with Crippen molar-refractivity contribution in [1.29, 1.82) is 0 Å². The third kappa shape index (κ3) is 7.74. The van der Waals surface area contributed by atoms with Gasteiger partial charge in [0.1, 0.15) is 0 Å². The van der Waals surface area contributed by atoms with Gasteiger partial charge in [0.25, 0.3) is 5.91 Å². The lowest BCUT2D eigenvalue weighted by Crippen LogP contribution is -2.32. The number of hydrogen-bond acceptors (Lipinski definition) is 5. The number of nitrogens with zero attached hydrogens (tertiary/aromatic N) is 3. The summed E-state index contributed by atoms with van der Waals surface area (Å²) >= 11 is 19.5. The fraction of sp³-hybridized carbons (Fsp3) is 0.280. The smallest absolute Gasteiger partial charge is 0.253 e. The highest BCUT2D eigenvalue weighted by Crippen LogP contribution is 2.27. The Labute approximate surface area is 229 Å². The van der Waals surface area contributed by atoms with Gasteiger partial charge in [0, 0.05) is 22.3 Å². The molecule has 0 aliphatic rings. The van der Waals surface area contributed by atoms with Crippen LogP contribution in [0.15, 0.2) is 60.3 Å². The van der Waals surface area contributed by atoms with Crippen LogP contribution in [-0.2, 0) is 11.3 Å². The van der Waals surface area contributed by atoms with E-state index in [0.29, 0.717) is 50.3 Å². The van der Waals surface area contributed by atoms with Crippen molar-refractivity contribution in [3.8, 4) is 0 Å². The maximum atomic E-state index is 13.0. The molecule has 0 saturated carbocycles. The molecule has 2 amide bonds. The van der Waals surface area contributed by atoms with Crippen molar-refractivity contribution in [3.63, 3.8) is 0 Å². The van der Waals surface area contributed by atoms with Crippen LogP contribution >= 0.6 is 46.6 Å². The van der Waals surface area contributed by atoms with Crippen LogP contribution in [-0.4, -0.2) is 32.3 Å². The molecule has 0 fully saturated rings. The van der Waals surface area contributed by atoms with Gasteiger partial charge in [-0.05, 0) is 42.7 Å². The molecule has 0 aliphatic heterocycles. The zero-order chi connectivity index (χ0) is 26.2. The molecule has 11 heteroatoms. The lowest BCUT2D eigenvalue weighted by atomic mass is 10.0. The third-order valence-corrected chi connectivity index (χ3v) is 6.71. The number of aromatic nitrogens is 3. The molecule has 0 unspecified atom stereocenters. The van der Waals surface area contributed by atoms with Crippen molar-refractivity contribution < 1.29 is 9.59 Å². The van der Waals surface area contributed by atoms with E-state index in [9.17, 15) is 9.59 Å². The summed E-state index contributed by atoms with van der Waals surface area (Å²) in [7, 11) is 0. The van der Waals surface area contributed by atoms with E-state index in [0.717, 1.165) is 0 Å². The number of nitrogens with one attached hydrogen (secondary N) is 2. The van der Waals surface area contributed by atoms with Gasteiger partial charge in [-0.15, -0.1) is 16.8 Å².